The first-order valence-electron chi connectivity index (χ1n) is 6.68. The number of halogens is 1. The van der Waals surface area contributed by atoms with Crippen molar-refractivity contribution >= 4 is 44.2 Å². The van der Waals surface area contributed by atoms with Gasteiger partial charge in [0.05, 0.1) is 10.2 Å². The molecule has 1 unspecified atom stereocenters. The van der Waals surface area contributed by atoms with Crippen LogP contribution in [0, 0.1) is 0 Å². The van der Waals surface area contributed by atoms with Gasteiger partial charge in [-0.1, -0.05) is 23.5 Å². The van der Waals surface area contributed by atoms with Crippen LogP contribution in [0.1, 0.15) is 6.92 Å². The van der Waals surface area contributed by atoms with Gasteiger partial charge >= 0.3 is 0 Å². The lowest BCUT2D eigenvalue weighted by molar-refractivity contribution is -0.130. The van der Waals surface area contributed by atoms with Crippen molar-refractivity contribution < 1.29 is 4.79 Å². The standard InChI is InChI=1S/C14H16ClN3OS/c1-10(15)13(19)17-6-8-18(9-7-17)14-16-11-4-2-3-5-12(11)20-14/h2-5,10H,6-9H2,1H3. The molecule has 1 aromatic carbocycles. The number of benzene rings is 1. The van der Waals surface area contributed by atoms with Crippen molar-refractivity contribution in [3.8, 4) is 0 Å². The van der Waals surface area contributed by atoms with Crippen LogP contribution in [0.3, 0.4) is 0 Å². The fourth-order valence-electron chi connectivity index (χ4n) is 2.37. The quantitative estimate of drug-likeness (QED) is 0.800. The molecular weight excluding hydrogens is 294 g/mol. The smallest absolute Gasteiger partial charge is 0.240 e. The third-order valence-corrected chi connectivity index (χ3v) is 4.77. The number of aromatic nitrogens is 1. The summed E-state index contributed by atoms with van der Waals surface area (Å²) in [5, 5.41) is 0.598. The summed E-state index contributed by atoms with van der Waals surface area (Å²) in [5.74, 6) is 0.0237. The maximum Gasteiger partial charge on any atom is 0.240 e. The van der Waals surface area contributed by atoms with Crippen molar-refractivity contribution in [2.24, 2.45) is 0 Å². The highest BCUT2D eigenvalue weighted by Crippen LogP contribution is 2.29. The van der Waals surface area contributed by atoms with E-state index in [1.54, 1.807) is 18.3 Å². The van der Waals surface area contributed by atoms with E-state index in [1.165, 1.54) is 4.70 Å². The molecular formula is C14H16ClN3OS. The first kappa shape index (κ1) is 13.6. The molecule has 0 N–H and O–H groups in total. The van der Waals surface area contributed by atoms with E-state index in [4.69, 9.17) is 11.6 Å². The number of rotatable bonds is 2. The van der Waals surface area contributed by atoms with Gasteiger partial charge in [0.1, 0.15) is 5.38 Å². The zero-order valence-electron chi connectivity index (χ0n) is 11.3. The Morgan fingerprint density at radius 1 is 1.30 bits per heavy atom. The average Bonchev–Trinajstić information content (AvgIpc) is 2.90. The van der Waals surface area contributed by atoms with Crippen LogP contribution in [0.4, 0.5) is 5.13 Å². The van der Waals surface area contributed by atoms with Crippen LogP contribution in [0.25, 0.3) is 10.2 Å². The topological polar surface area (TPSA) is 36.4 Å². The molecule has 2 aromatic rings. The average molecular weight is 310 g/mol. The molecule has 0 spiro atoms. The first-order chi connectivity index (χ1) is 9.65. The van der Waals surface area contributed by atoms with Crippen molar-refractivity contribution in [1.29, 1.82) is 0 Å². The van der Waals surface area contributed by atoms with Crippen LogP contribution in [0.5, 0.6) is 0 Å². The van der Waals surface area contributed by atoms with E-state index in [2.05, 4.69) is 16.0 Å². The Labute approximate surface area is 127 Å². The third-order valence-electron chi connectivity index (χ3n) is 3.48. The summed E-state index contributed by atoms with van der Waals surface area (Å²) >= 11 is 7.56. The number of carbonyl (C=O) groups excluding carboxylic acids is 1. The van der Waals surface area contributed by atoms with Crippen LogP contribution < -0.4 is 4.90 Å². The Morgan fingerprint density at radius 3 is 2.65 bits per heavy atom. The monoisotopic (exact) mass is 309 g/mol. The fraction of sp³-hybridized carbons (Fsp3) is 0.429. The number of carbonyl (C=O) groups is 1. The van der Waals surface area contributed by atoms with Gasteiger partial charge in [-0.15, -0.1) is 11.6 Å². The predicted octanol–water partition coefficient (Wildman–Crippen LogP) is 2.57. The highest BCUT2D eigenvalue weighted by molar-refractivity contribution is 7.22. The summed E-state index contributed by atoms with van der Waals surface area (Å²) in [7, 11) is 0. The fourth-order valence-corrected chi connectivity index (χ4v) is 3.52. The Kier molecular flexibility index (Phi) is 3.81. The number of anilines is 1. The van der Waals surface area contributed by atoms with Crippen LogP contribution in [-0.4, -0.2) is 47.3 Å². The van der Waals surface area contributed by atoms with Gasteiger partial charge in [0.15, 0.2) is 5.13 Å². The summed E-state index contributed by atoms with van der Waals surface area (Å²) in [6.07, 6.45) is 0. The van der Waals surface area contributed by atoms with E-state index in [0.717, 1.165) is 23.7 Å². The molecule has 1 aliphatic rings. The molecule has 0 radical (unpaired) electrons. The summed E-state index contributed by atoms with van der Waals surface area (Å²) < 4.78 is 1.20. The van der Waals surface area contributed by atoms with E-state index in [0.29, 0.717) is 13.1 Å². The van der Waals surface area contributed by atoms with Crippen molar-refractivity contribution in [2.75, 3.05) is 31.1 Å². The largest absolute Gasteiger partial charge is 0.345 e. The van der Waals surface area contributed by atoms with Gasteiger partial charge < -0.3 is 9.80 Å². The van der Waals surface area contributed by atoms with Gasteiger partial charge in [0.25, 0.3) is 0 Å². The maximum atomic E-state index is 11.8. The molecule has 1 saturated heterocycles. The number of piperazine rings is 1. The maximum absolute atomic E-state index is 11.8. The molecule has 1 fully saturated rings. The third kappa shape index (κ3) is 2.60. The number of para-hydroxylation sites is 1. The van der Waals surface area contributed by atoms with E-state index in [9.17, 15) is 4.79 Å². The molecule has 1 atom stereocenters. The van der Waals surface area contributed by atoms with E-state index in [-0.39, 0.29) is 5.91 Å². The molecule has 1 amide bonds. The van der Waals surface area contributed by atoms with Crippen LogP contribution >= 0.6 is 22.9 Å². The van der Waals surface area contributed by atoms with Crippen molar-refractivity contribution in [1.82, 2.24) is 9.88 Å². The summed E-state index contributed by atoms with van der Waals surface area (Å²) in [6, 6.07) is 8.16. The molecule has 106 valence electrons. The van der Waals surface area contributed by atoms with E-state index >= 15 is 0 Å². The SMILES string of the molecule is CC(Cl)C(=O)N1CCN(c2nc3ccccc3s2)CC1. The number of hydrogen-bond acceptors (Lipinski definition) is 4. The Bertz CT molecular complexity index is 587. The minimum atomic E-state index is -0.441. The van der Waals surface area contributed by atoms with E-state index in [1.807, 2.05) is 23.1 Å². The highest BCUT2D eigenvalue weighted by atomic mass is 35.5. The zero-order valence-corrected chi connectivity index (χ0v) is 12.8. The molecule has 3 rings (SSSR count). The normalized spacial score (nSPS) is 17.5. The Hall–Kier alpha value is -1.33. The summed E-state index contributed by atoms with van der Waals surface area (Å²) in [6.45, 7) is 4.78. The Morgan fingerprint density at radius 2 is 2.00 bits per heavy atom. The molecule has 2 heterocycles. The number of fused-ring (bicyclic) bond motifs is 1. The lowest BCUT2D eigenvalue weighted by atomic mass is 10.3. The van der Waals surface area contributed by atoms with Crippen LogP contribution in [-0.2, 0) is 4.79 Å². The summed E-state index contributed by atoms with van der Waals surface area (Å²) in [4.78, 5) is 20.6. The second-order valence-corrected chi connectivity index (χ2v) is 6.56. The van der Waals surface area contributed by atoms with Gasteiger partial charge in [-0.3, -0.25) is 4.79 Å². The van der Waals surface area contributed by atoms with Gasteiger partial charge in [-0.2, -0.15) is 0 Å². The van der Waals surface area contributed by atoms with Crippen molar-refractivity contribution in [3.05, 3.63) is 24.3 Å². The molecule has 1 aromatic heterocycles. The second-order valence-electron chi connectivity index (χ2n) is 4.89. The molecule has 4 nitrogen and oxygen atoms in total. The van der Waals surface area contributed by atoms with Gasteiger partial charge in [-0.25, -0.2) is 4.98 Å². The highest BCUT2D eigenvalue weighted by Gasteiger charge is 2.25. The molecule has 6 heteroatoms. The Balaban J connectivity index is 1.70. The minimum absolute atomic E-state index is 0.0237. The lowest BCUT2D eigenvalue weighted by Gasteiger charge is -2.35. The molecule has 0 bridgehead atoms. The van der Waals surface area contributed by atoms with Crippen LogP contribution in [0.2, 0.25) is 0 Å². The number of thiazole rings is 1. The summed E-state index contributed by atoms with van der Waals surface area (Å²) in [5.41, 5.74) is 1.04. The lowest BCUT2D eigenvalue weighted by Crippen LogP contribution is -2.50. The molecule has 20 heavy (non-hydrogen) atoms. The number of nitrogens with zero attached hydrogens (tertiary/aromatic N) is 3. The first-order valence-corrected chi connectivity index (χ1v) is 7.94. The number of hydrogen-bond donors (Lipinski definition) is 0. The molecule has 0 saturated carbocycles. The van der Waals surface area contributed by atoms with Crippen LogP contribution in [0.15, 0.2) is 24.3 Å². The van der Waals surface area contributed by atoms with E-state index < -0.39 is 5.38 Å². The van der Waals surface area contributed by atoms with Gasteiger partial charge in [-0.05, 0) is 19.1 Å². The van der Waals surface area contributed by atoms with Gasteiger partial charge in [0.2, 0.25) is 5.91 Å². The number of amides is 1. The molecule has 1 aliphatic heterocycles. The van der Waals surface area contributed by atoms with Crippen molar-refractivity contribution in [2.45, 2.75) is 12.3 Å². The second kappa shape index (κ2) is 5.58. The zero-order chi connectivity index (χ0) is 14.1. The van der Waals surface area contributed by atoms with Crippen molar-refractivity contribution in [3.63, 3.8) is 0 Å². The van der Waals surface area contributed by atoms with Gasteiger partial charge in [0, 0.05) is 26.2 Å². The number of alkyl halides is 1. The predicted molar refractivity (Wildman–Crippen MR) is 83.7 cm³/mol. The minimum Gasteiger partial charge on any atom is -0.345 e. The molecule has 0 aliphatic carbocycles.